The molecule has 0 atom stereocenters. The lowest BCUT2D eigenvalue weighted by Crippen LogP contribution is -2.35. The summed E-state index contributed by atoms with van der Waals surface area (Å²) < 4.78 is 0. The number of allylic oxidation sites excluding steroid dienone is 1. The minimum atomic E-state index is 0.509. The molecule has 0 aromatic carbocycles. The normalized spacial score (nSPS) is 29.9. The summed E-state index contributed by atoms with van der Waals surface area (Å²) in [6, 6.07) is 0. The molecule has 0 bridgehead atoms. The zero-order valence-electron chi connectivity index (χ0n) is 7.34. The molecule has 0 amide bonds. The van der Waals surface area contributed by atoms with Crippen LogP contribution in [0.25, 0.3) is 0 Å². The Hall–Kier alpha value is -0.300. The monoisotopic (exact) mass is 151 g/mol. The van der Waals surface area contributed by atoms with Crippen LogP contribution in [0.2, 0.25) is 0 Å². The second-order valence-electron chi connectivity index (χ2n) is 3.80. The Labute approximate surface area is 69.1 Å². The van der Waals surface area contributed by atoms with Crippen molar-refractivity contribution in [3.63, 3.8) is 0 Å². The van der Waals surface area contributed by atoms with E-state index in [0.717, 1.165) is 0 Å². The molecule has 0 aliphatic carbocycles. The van der Waals surface area contributed by atoms with Gasteiger partial charge in [-0.2, -0.15) is 0 Å². The van der Waals surface area contributed by atoms with E-state index in [-0.39, 0.29) is 0 Å². The predicted octanol–water partition coefficient (Wildman–Crippen LogP) is 2.19. The zero-order chi connectivity index (χ0) is 7.73. The average Bonchev–Trinajstić information content (AvgIpc) is 2.45. The van der Waals surface area contributed by atoms with Crippen LogP contribution in [0.5, 0.6) is 0 Å². The molecular weight excluding hydrogens is 134 g/mol. The van der Waals surface area contributed by atoms with Gasteiger partial charge in [0.1, 0.15) is 0 Å². The first-order valence-corrected chi connectivity index (χ1v) is 4.76. The summed E-state index contributed by atoms with van der Waals surface area (Å²) in [5.74, 6) is 0. The maximum Gasteiger partial charge on any atom is 0.0392 e. The van der Waals surface area contributed by atoms with Crippen LogP contribution in [0.4, 0.5) is 0 Å². The molecule has 11 heavy (non-hydrogen) atoms. The lowest BCUT2D eigenvalue weighted by atomic mass is 9.94. The fraction of sp³-hybridized carbons (Fsp3) is 0.800. The highest BCUT2D eigenvalue weighted by Gasteiger charge is 2.41. The van der Waals surface area contributed by atoms with Crippen LogP contribution in [0.3, 0.4) is 0 Å². The molecule has 0 N–H and O–H groups in total. The van der Waals surface area contributed by atoms with Crippen molar-refractivity contribution in [2.75, 3.05) is 13.1 Å². The molecule has 2 aliphatic rings. The number of fused-ring (bicyclic) bond motifs is 1. The second kappa shape index (κ2) is 2.63. The summed E-state index contributed by atoms with van der Waals surface area (Å²) in [5, 5.41) is 0. The van der Waals surface area contributed by atoms with E-state index < -0.39 is 0 Å². The van der Waals surface area contributed by atoms with Gasteiger partial charge in [0.2, 0.25) is 0 Å². The van der Waals surface area contributed by atoms with Crippen molar-refractivity contribution in [2.45, 2.75) is 38.1 Å². The van der Waals surface area contributed by atoms with Gasteiger partial charge in [0.25, 0.3) is 0 Å². The topological polar surface area (TPSA) is 3.24 Å². The quantitative estimate of drug-likeness (QED) is 0.519. The van der Waals surface area contributed by atoms with Crippen molar-refractivity contribution in [3.8, 4) is 0 Å². The van der Waals surface area contributed by atoms with Crippen molar-refractivity contribution in [1.82, 2.24) is 4.90 Å². The molecule has 0 unspecified atom stereocenters. The first-order valence-electron chi connectivity index (χ1n) is 4.76. The van der Waals surface area contributed by atoms with Crippen LogP contribution in [0.15, 0.2) is 12.2 Å². The smallest absolute Gasteiger partial charge is 0.0392 e. The van der Waals surface area contributed by atoms with Gasteiger partial charge < -0.3 is 0 Å². The van der Waals surface area contributed by atoms with Crippen LogP contribution in [-0.4, -0.2) is 23.5 Å². The molecule has 0 aromatic rings. The molecule has 1 nitrogen and oxygen atoms in total. The van der Waals surface area contributed by atoms with Gasteiger partial charge in [-0.25, -0.2) is 0 Å². The highest BCUT2D eigenvalue weighted by Crippen LogP contribution is 2.39. The molecule has 0 spiro atoms. The lowest BCUT2D eigenvalue weighted by molar-refractivity contribution is 0.250. The second-order valence-corrected chi connectivity index (χ2v) is 3.80. The SMILES string of the molecule is C/C=C/C12CCCN1CCC2. The van der Waals surface area contributed by atoms with Crippen molar-refractivity contribution >= 4 is 0 Å². The molecule has 1 heteroatoms. The Morgan fingerprint density at radius 3 is 2.36 bits per heavy atom. The average molecular weight is 151 g/mol. The van der Waals surface area contributed by atoms with E-state index in [1.165, 1.54) is 38.8 Å². The molecule has 0 radical (unpaired) electrons. The van der Waals surface area contributed by atoms with Crippen LogP contribution >= 0.6 is 0 Å². The van der Waals surface area contributed by atoms with Crippen molar-refractivity contribution < 1.29 is 0 Å². The largest absolute Gasteiger partial charge is 0.294 e. The maximum atomic E-state index is 2.66. The summed E-state index contributed by atoms with van der Waals surface area (Å²) in [7, 11) is 0. The highest BCUT2D eigenvalue weighted by molar-refractivity contribution is 5.12. The molecule has 0 aromatic heterocycles. The lowest BCUT2D eigenvalue weighted by Gasteiger charge is -2.28. The van der Waals surface area contributed by atoms with Crippen molar-refractivity contribution in [3.05, 3.63) is 12.2 Å². The van der Waals surface area contributed by atoms with E-state index in [1.54, 1.807) is 0 Å². The van der Waals surface area contributed by atoms with Gasteiger partial charge in [0.15, 0.2) is 0 Å². The van der Waals surface area contributed by atoms with E-state index in [9.17, 15) is 0 Å². The fourth-order valence-electron chi connectivity index (χ4n) is 2.73. The van der Waals surface area contributed by atoms with Crippen LogP contribution in [0.1, 0.15) is 32.6 Å². The Morgan fingerprint density at radius 1 is 1.18 bits per heavy atom. The van der Waals surface area contributed by atoms with Gasteiger partial charge in [0.05, 0.1) is 0 Å². The van der Waals surface area contributed by atoms with E-state index in [4.69, 9.17) is 0 Å². The summed E-state index contributed by atoms with van der Waals surface area (Å²) >= 11 is 0. The van der Waals surface area contributed by atoms with Gasteiger partial charge in [0, 0.05) is 5.54 Å². The summed E-state index contributed by atoms with van der Waals surface area (Å²) in [6.07, 6.45) is 10.3. The fourth-order valence-corrected chi connectivity index (χ4v) is 2.73. The van der Waals surface area contributed by atoms with Gasteiger partial charge in [-0.1, -0.05) is 12.2 Å². The van der Waals surface area contributed by atoms with Gasteiger partial charge in [-0.05, 0) is 45.7 Å². The Kier molecular flexibility index (Phi) is 1.76. The third-order valence-electron chi connectivity index (χ3n) is 3.18. The predicted molar refractivity (Wildman–Crippen MR) is 47.6 cm³/mol. The minimum Gasteiger partial charge on any atom is -0.294 e. The molecule has 62 valence electrons. The summed E-state index contributed by atoms with van der Waals surface area (Å²) in [4.78, 5) is 2.66. The van der Waals surface area contributed by atoms with Crippen LogP contribution in [0, 0.1) is 0 Å². The van der Waals surface area contributed by atoms with Crippen molar-refractivity contribution in [2.24, 2.45) is 0 Å². The molecule has 2 fully saturated rings. The Morgan fingerprint density at radius 2 is 1.82 bits per heavy atom. The number of hydrogen-bond acceptors (Lipinski definition) is 1. The number of hydrogen-bond donors (Lipinski definition) is 0. The molecule has 2 heterocycles. The standard InChI is InChI=1S/C10H17N/c1-2-5-10-6-3-8-11(10)9-4-7-10/h2,5H,3-4,6-9H2,1H3/b5-2+. The van der Waals surface area contributed by atoms with E-state index >= 15 is 0 Å². The summed E-state index contributed by atoms with van der Waals surface area (Å²) in [6.45, 7) is 4.82. The molecule has 2 rings (SSSR count). The summed E-state index contributed by atoms with van der Waals surface area (Å²) in [5.41, 5.74) is 0.509. The van der Waals surface area contributed by atoms with Crippen LogP contribution < -0.4 is 0 Å². The van der Waals surface area contributed by atoms with E-state index in [1.807, 2.05) is 0 Å². The first-order chi connectivity index (χ1) is 5.37. The Bertz CT molecular complexity index is 162. The number of nitrogens with zero attached hydrogens (tertiary/aromatic N) is 1. The van der Waals surface area contributed by atoms with Gasteiger partial charge >= 0.3 is 0 Å². The Balaban J connectivity index is 2.19. The molecule has 0 saturated carbocycles. The third-order valence-corrected chi connectivity index (χ3v) is 3.18. The van der Waals surface area contributed by atoms with Gasteiger partial charge in [-0.3, -0.25) is 4.90 Å². The molecule has 2 aliphatic heterocycles. The van der Waals surface area contributed by atoms with Crippen molar-refractivity contribution in [1.29, 1.82) is 0 Å². The number of rotatable bonds is 1. The molecular formula is C10H17N. The maximum absolute atomic E-state index is 2.66. The van der Waals surface area contributed by atoms with Gasteiger partial charge in [-0.15, -0.1) is 0 Å². The third kappa shape index (κ3) is 1.02. The van der Waals surface area contributed by atoms with E-state index in [2.05, 4.69) is 24.0 Å². The van der Waals surface area contributed by atoms with Crippen LogP contribution in [-0.2, 0) is 0 Å². The molecule has 2 saturated heterocycles. The van der Waals surface area contributed by atoms with E-state index in [0.29, 0.717) is 5.54 Å². The highest BCUT2D eigenvalue weighted by atomic mass is 15.2. The zero-order valence-corrected chi connectivity index (χ0v) is 7.34. The first kappa shape index (κ1) is 7.35. The minimum absolute atomic E-state index is 0.509.